The smallest absolute Gasteiger partial charge is 0.430 e. The van der Waals surface area contributed by atoms with Crippen molar-refractivity contribution in [2.75, 3.05) is 19.8 Å². The Balaban J connectivity index is 1.82. The molecule has 4 rings (SSSR count). The second kappa shape index (κ2) is 13.5. The Kier molecular flexibility index (Phi) is 9.86. The molecule has 1 aliphatic rings. The van der Waals surface area contributed by atoms with Crippen molar-refractivity contribution in [3.63, 3.8) is 0 Å². The van der Waals surface area contributed by atoms with Gasteiger partial charge in [0.25, 0.3) is 0 Å². The van der Waals surface area contributed by atoms with Crippen LogP contribution in [-0.4, -0.2) is 51.6 Å². The molecule has 1 amide bonds. The molecular formula is C31H35F3N4O3. The molecule has 41 heavy (non-hydrogen) atoms. The average Bonchev–Trinajstić information content (AvgIpc) is 2.98. The summed E-state index contributed by atoms with van der Waals surface area (Å²) >= 11 is 0. The maximum atomic E-state index is 14.5. The molecule has 0 N–H and O–H groups in total. The molecule has 0 bridgehead atoms. The van der Waals surface area contributed by atoms with Crippen LogP contribution in [0.25, 0.3) is 0 Å². The number of hydrogen-bond acceptors (Lipinski definition) is 6. The van der Waals surface area contributed by atoms with Gasteiger partial charge in [-0.25, -0.2) is 0 Å². The van der Waals surface area contributed by atoms with Gasteiger partial charge in [-0.3, -0.25) is 14.8 Å². The lowest BCUT2D eigenvalue weighted by Crippen LogP contribution is -2.45. The lowest BCUT2D eigenvalue weighted by molar-refractivity contribution is -0.143. The second-order valence-corrected chi connectivity index (χ2v) is 10.2. The van der Waals surface area contributed by atoms with Gasteiger partial charge in [0.2, 0.25) is 5.91 Å². The minimum Gasteiger partial charge on any atom is -0.486 e. The van der Waals surface area contributed by atoms with Crippen molar-refractivity contribution < 1.29 is 27.4 Å². The number of fused-ring (bicyclic) bond motifs is 1. The number of pyridine rings is 2. The number of hydrogen-bond donors (Lipinski definition) is 0. The fourth-order valence-corrected chi connectivity index (χ4v) is 4.61. The lowest BCUT2D eigenvalue weighted by atomic mass is 9.99. The normalized spacial score (nSPS) is 14.2. The first kappa shape index (κ1) is 29.9. The molecule has 10 heteroatoms. The number of nitrogens with zero attached hydrogens (tertiary/aromatic N) is 4. The molecule has 0 radical (unpaired) electrons. The number of allylic oxidation sites excluding steroid dienone is 1. The summed E-state index contributed by atoms with van der Waals surface area (Å²) in [5.41, 5.74) is 0.497. The third-order valence-corrected chi connectivity index (χ3v) is 7.17. The summed E-state index contributed by atoms with van der Waals surface area (Å²) in [7, 11) is 0. The molecule has 0 aliphatic carbocycles. The van der Waals surface area contributed by atoms with Crippen molar-refractivity contribution in [1.82, 2.24) is 19.8 Å². The topological polar surface area (TPSA) is 67.8 Å². The lowest BCUT2D eigenvalue weighted by Gasteiger charge is -2.38. The predicted octanol–water partition coefficient (Wildman–Crippen LogP) is 6.33. The molecule has 1 aromatic carbocycles. The Bertz CT molecular complexity index is 1300. The zero-order valence-corrected chi connectivity index (χ0v) is 23.3. The van der Waals surface area contributed by atoms with Crippen LogP contribution in [0.3, 0.4) is 0 Å². The zero-order valence-electron chi connectivity index (χ0n) is 23.3. The average molecular weight is 569 g/mol. The summed E-state index contributed by atoms with van der Waals surface area (Å²) < 4.78 is 54.4. The van der Waals surface area contributed by atoms with E-state index in [4.69, 9.17) is 9.47 Å². The van der Waals surface area contributed by atoms with Crippen molar-refractivity contribution in [2.45, 2.75) is 52.0 Å². The highest BCUT2D eigenvalue weighted by atomic mass is 19.4. The van der Waals surface area contributed by atoms with Gasteiger partial charge in [0.05, 0.1) is 0 Å². The number of ether oxygens (including phenoxy) is 2. The van der Waals surface area contributed by atoms with Gasteiger partial charge in [0.15, 0.2) is 11.5 Å². The van der Waals surface area contributed by atoms with E-state index in [9.17, 15) is 18.0 Å². The van der Waals surface area contributed by atoms with Gasteiger partial charge >= 0.3 is 6.18 Å². The van der Waals surface area contributed by atoms with Crippen LogP contribution in [0.1, 0.15) is 49.4 Å². The molecular weight excluding hydrogens is 533 g/mol. The summed E-state index contributed by atoms with van der Waals surface area (Å²) in [6.45, 7) is 8.56. The predicted molar refractivity (Wildman–Crippen MR) is 149 cm³/mol. The fourth-order valence-electron chi connectivity index (χ4n) is 4.61. The standard InChI is InChI=1S/C31H35F3N4O3/c1-4-22(2)11-14-37(20-24-7-5-12-35-18-24)30(39)29(26-9-10-27-28(17-26)41-16-15-40-27)38(23(3)31(32,33)34)21-25-8-6-13-36-19-25/h5-10,12-13,17-19,22,29H,3-4,11,14-16,20-21H2,1-2H3. The first-order chi connectivity index (χ1) is 19.7. The van der Waals surface area contributed by atoms with E-state index in [1.54, 1.807) is 59.9 Å². The molecule has 0 saturated carbocycles. The number of benzene rings is 1. The van der Waals surface area contributed by atoms with Crippen molar-refractivity contribution >= 4 is 5.91 Å². The summed E-state index contributed by atoms with van der Waals surface area (Å²) in [5.74, 6) is 0.694. The van der Waals surface area contributed by atoms with Crippen molar-refractivity contribution in [3.05, 3.63) is 96.2 Å². The van der Waals surface area contributed by atoms with E-state index >= 15 is 0 Å². The Morgan fingerprint density at radius 2 is 1.63 bits per heavy atom. The summed E-state index contributed by atoms with van der Waals surface area (Å²) in [4.78, 5) is 25.4. The van der Waals surface area contributed by atoms with Gasteiger partial charge in [0, 0.05) is 44.4 Å². The van der Waals surface area contributed by atoms with E-state index in [0.29, 0.717) is 54.7 Å². The molecule has 218 valence electrons. The number of alkyl halides is 3. The molecule has 2 unspecified atom stereocenters. The molecule has 0 fully saturated rings. The number of aromatic nitrogens is 2. The van der Waals surface area contributed by atoms with Crippen LogP contribution in [0.4, 0.5) is 13.2 Å². The molecule has 2 atom stereocenters. The van der Waals surface area contributed by atoms with Crippen LogP contribution in [0.2, 0.25) is 0 Å². The summed E-state index contributed by atoms with van der Waals surface area (Å²) in [5, 5.41) is 0. The van der Waals surface area contributed by atoms with Crippen LogP contribution in [0.5, 0.6) is 11.5 Å². The van der Waals surface area contributed by atoms with E-state index in [1.807, 2.05) is 6.07 Å². The van der Waals surface area contributed by atoms with E-state index < -0.39 is 23.8 Å². The second-order valence-electron chi connectivity index (χ2n) is 10.2. The molecule has 7 nitrogen and oxygen atoms in total. The first-order valence-corrected chi connectivity index (χ1v) is 13.7. The van der Waals surface area contributed by atoms with Gasteiger partial charge in [-0.15, -0.1) is 0 Å². The molecule has 0 saturated heterocycles. The third-order valence-electron chi connectivity index (χ3n) is 7.17. The number of amides is 1. The quantitative estimate of drug-likeness (QED) is 0.254. The molecule has 2 aromatic heterocycles. The van der Waals surface area contributed by atoms with Crippen molar-refractivity contribution in [2.24, 2.45) is 5.92 Å². The third kappa shape index (κ3) is 7.77. The van der Waals surface area contributed by atoms with Crippen molar-refractivity contribution in [1.29, 1.82) is 0 Å². The largest absolute Gasteiger partial charge is 0.486 e. The van der Waals surface area contributed by atoms with Crippen LogP contribution < -0.4 is 9.47 Å². The number of rotatable bonds is 12. The number of carbonyl (C=O) groups excluding carboxylic acids is 1. The highest BCUT2D eigenvalue weighted by Gasteiger charge is 2.42. The minimum atomic E-state index is -4.78. The van der Waals surface area contributed by atoms with Crippen LogP contribution >= 0.6 is 0 Å². The van der Waals surface area contributed by atoms with E-state index in [1.165, 1.54) is 6.20 Å². The van der Waals surface area contributed by atoms with Gasteiger partial charge in [-0.2, -0.15) is 13.2 Å². The highest BCUT2D eigenvalue weighted by molar-refractivity contribution is 5.84. The summed E-state index contributed by atoms with van der Waals surface area (Å²) in [6, 6.07) is 10.4. The zero-order chi connectivity index (χ0) is 29.4. The number of halogens is 3. The van der Waals surface area contributed by atoms with Gasteiger partial charge in [-0.05, 0) is 53.3 Å². The Labute approximate surface area is 238 Å². The van der Waals surface area contributed by atoms with Gasteiger partial charge in [0.1, 0.15) is 25.0 Å². The maximum absolute atomic E-state index is 14.5. The monoisotopic (exact) mass is 568 g/mol. The Morgan fingerprint density at radius 1 is 1.00 bits per heavy atom. The fraction of sp³-hybridized carbons (Fsp3) is 0.387. The van der Waals surface area contributed by atoms with Gasteiger partial charge < -0.3 is 19.3 Å². The van der Waals surface area contributed by atoms with E-state index in [2.05, 4.69) is 30.4 Å². The van der Waals surface area contributed by atoms with Crippen LogP contribution in [0.15, 0.2) is 79.5 Å². The molecule has 3 heterocycles. The van der Waals surface area contributed by atoms with Crippen LogP contribution in [-0.2, 0) is 17.9 Å². The maximum Gasteiger partial charge on any atom is 0.430 e. The Hall–Kier alpha value is -4.08. The summed E-state index contributed by atoms with van der Waals surface area (Å²) in [6.07, 6.45) is 3.15. The van der Waals surface area contributed by atoms with E-state index in [0.717, 1.165) is 16.9 Å². The molecule has 3 aromatic rings. The Morgan fingerprint density at radius 3 is 2.22 bits per heavy atom. The first-order valence-electron chi connectivity index (χ1n) is 13.7. The van der Waals surface area contributed by atoms with E-state index in [-0.39, 0.29) is 13.1 Å². The number of carbonyl (C=O) groups is 1. The van der Waals surface area contributed by atoms with Crippen molar-refractivity contribution in [3.8, 4) is 11.5 Å². The van der Waals surface area contributed by atoms with Crippen LogP contribution in [0, 0.1) is 5.92 Å². The SMILES string of the molecule is C=C(N(Cc1cccnc1)C(C(=O)N(CCC(C)CC)Cc1cccnc1)c1ccc2c(c1)OCCO2)C(F)(F)F. The highest BCUT2D eigenvalue weighted by Crippen LogP contribution is 2.39. The molecule has 1 aliphatic heterocycles. The molecule has 0 spiro atoms. The van der Waals surface area contributed by atoms with Gasteiger partial charge in [-0.1, -0.05) is 45.0 Å². The minimum absolute atomic E-state index is 0.198.